The molecule has 0 aliphatic carbocycles. The van der Waals surface area contributed by atoms with E-state index >= 15 is 0 Å². The molecule has 0 bridgehead atoms. The second kappa shape index (κ2) is 7.87. The van der Waals surface area contributed by atoms with Gasteiger partial charge in [-0.2, -0.15) is 0 Å². The van der Waals surface area contributed by atoms with E-state index in [1.54, 1.807) is 13.2 Å². The van der Waals surface area contributed by atoms with Crippen LogP contribution >= 0.6 is 0 Å². The van der Waals surface area contributed by atoms with Crippen LogP contribution in [-0.4, -0.2) is 68.0 Å². The number of nitrogens with zero attached hydrogens (tertiary/aromatic N) is 2. The summed E-state index contributed by atoms with van der Waals surface area (Å²) in [5.41, 5.74) is 1.65. The van der Waals surface area contributed by atoms with Gasteiger partial charge in [0.15, 0.2) is 0 Å². The van der Waals surface area contributed by atoms with Gasteiger partial charge >= 0.3 is 0 Å². The SMILES string of the molecule is COc1cc(C(=O)N2CCN(C(=O)C3CCNCC3)CC2)ccc1C. The Balaban J connectivity index is 1.58. The first kappa shape index (κ1) is 17.7. The predicted octanol–water partition coefficient (Wildman–Crippen LogP) is 1.29. The van der Waals surface area contributed by atoms with Crippen molar-refractivity contribution < 1.29 is 14.3 Å². The van der Waals surface area contributed by atoms with Crippen molar-refractivity contribution in [1.29, 1.82) is 0 Å². The first-order chi connectivity index (χ1) is 12.1. The van der Waals surface area contributed by atoms with E-state index in [0.717, 1.165) is 37.2 Å². The van der Waals surface area contributed by atoms with Gasteiger partial charge in [-0.1, -0.05) is 6.07 Å². The number of nitrogens with one attached hydrogen (secondary N) is 1. The number of piperazine rings is 1. The lowest BCUT2D eigenvalue weighted by Crippen LogP contribution is -2.52. The molecule has 136 valence electrons. The number of methoxy groups -OCH3 is 1. The van der Waals surface area contributed by atoms with E-state index in [1.165, 1.54) is 0 Å². The highest BCUT2D eigenvalue weighted by molar-refractivity contribution is 5.95. The molecule has 1 aromatic rings. The molecule has 2 aliphatic rings. The summed E-state index contributed by atoms with van der Waals surface area (Å²) in [6, 6.07) is 5.54. The predicted molar refractivity (Wildman–Crippen MR) is 95.8 cm³/mol. The number of carbonyl (C=O) groups excluding carboxylic acids is 2. The molecule has 0 spiro atoms. The molecule has 0 atom stereocenters. The van der Waals surface area contributed by atoms with Crippen molar-refractivity contribution in [2.24, 2.45) is 5.92 Å². The standard InChI is InChI=1S/C19H27N3O3/c1-14-3-4-16(13-17(14)25-2)19(24)22-11-9-21(10-12-22)18(23)15-5-7-20-8-6-15/h3-4,13,15,20H,5-12H2,1-2H3. The van der Waals surface area contributed by atoms with Crippen LogP contribution < -0.4 is 10.1 Å². The summed E-state index contributed by atoms with van der Waals surface area (Å²) in [4.78, 5) is 29.1. The zero-order chi connectivity index (χ0) is 17.8. The van der Waals surface area contributed by atoms with Crippen LogP contribution in [0.3, 0.4) is 0 Å². The zero-order valence-corrected chi connectivity index (χ0v) is 15.1. The summed E-state index contributed by atoms with van der Waals surface area (Å²) < 4.78 is 5.31. The minimum atomic E-state index is 0.00673. The third-order valence-corrected chi connectivity index (χ3v) is 5.22. The van der Waals surface area contributed by atoms with E-state index in [-0.39, 0.29) is 17.7 Å². The third kappa shape index (κ3) is 3.95. The van der Waals surface area contributed by atoms with Gasteiger partial charge in [0, 0.05) is 37.7 Å². The smallest absolute Gasteiger partial charge is 0.254 e. The van der Waals surface area contributed by atoms with Gasteiger partial charge in [0.25, 0.3) is 5.91 Å². The van der Waals surface area contributed by atoms with Crippen molar-refractivity contribution in [2.45, 2.75) is 19.8 Å². The van der Waals surface area contributed by atoms with Gasteiger partial charge in [-0.3, -0.25) is 9.59 Å². The van der Waals surface area contributed by atoms with E-state index in [4.69, 9.17) is 4.74 Å². The number of aryl methyl sites for hydroxylation is 1. The normalized spacial score (nSPS) is 19.0. The molecule has 6 heteroatoms. The van der Waals surface area contributed by atoms with Crippen LogP contribution in [0.1, 0.15) is 28.8 Å². The molecule has 3 rings (SSSR count). The van der Waals surface area contributed by atoms with Gasteiger partial charge in [0.05, 0.1) is 7.11 Å². The van der Waals surface area contributed by atoms with Crippen molar-refractivity contribution in [3.05, 3.63) is 29.3 Å². The minimum Gasteiger partial charge on any atom is -0.496 e. The second-order valence-electron chi connectivity index (χ2n) is 6.83. The van der Waals surface area contributed by atoms with Gasteiger partial charge in [0.2, 0.25) is 5.91 Å². The molecule has 2 fully saturated rings. The van der Waals surface area contributed by atoms with Gasteiger partial charge < -0.3 is 19.9 Å². The maximum Gasteiger partial charge on any atom is 0.254 e. The van der Waals surface area contributed by atoms with Crippen LogP contribution in [0.4, 0.5) is 0 Å². The molecule has 2 saturated heterocycles. The van der Waals surface area contributed by atoms with Crippen molar-refractivity contribution in [1.82, 2.24) is 15.1 Å². The third-order valence-electron chi connectivity index (χ3n) is 5.22. The average Bonchev–Trinajstić information content (AvgIpc) is 2.68. The summed E-state index contributed by atoms with van der Waals surface area (Å²) in [5, 5.41) is 3.29. The Morgan fingerprint density at radius 2 is 1.72 bits per heavy atom. The van der Waals surface area contributed by atoms with Crippen molar-refractivity contribution in [3.8, 4) is 5.75 Å². The first-order valence-electron chi connectivity index (χ1n) is 9.03. The Labute approximate surface area is 149 Å². The Bertz CT molecular complexity index is 633. The van der Waals surface area contributed by atoms with Crippen LogP contribution in [0.25, 0.3) is 0 Å². The molecular weight excluding hydrogens is 318 g/mol. The first-order valence-corrected chi connectivity index (χ1v) is 9.03. The molecule has 2 heterocycles. The molecule has 25 heavy (non-hydrogen) atoms. The molecule has 0 aromatic heterocycles. The highest BCUT2D eigenvalue weighted by atomic mass is 16.5. The van der Waals surface area contributed by atoms with Crippen LogP contribution in [0.15, 0.2) is 18.2 Å². The summed E-state index contributed by atoms with van der Waals surface area (Å²) in [6.07, 6.45) is 1.84. The van der Waals surface area contributed by atoms with E-state index in [1.807, 2.05) is 28.9 Å². The minimum absolute atomic E-state index is 0.00673. The number of ether oxygens (including phenoxy) is 1. The molecule has 2 amide bonds. The zero-order valence-electron chi connectivity index (χ0n) is 15.1. The van der Waals surface area contributed by atoms with E-state index in [2.05, 4.69) is 5.32 Å². The van der Waals surface area contributed by atoms with Crippen LogP contribution in [0.5, 0.6) is 5.75 Å². The second-order valence-corrected chi connectivity index (χ2v) is 6.83. The Kier molecular flexibility index (Phi) is 5.58. The fourth-order valence-corrected chi connectivity index (χ4v) is 3.59. The fourth-order valence-electron chi connectivity index (χ4n) is 3.59. The lowest BCUT2D eigenvalue weighted by Gasteiger charge is -2.37. The van der Waals surface area contributed by atoms with E-state index in [0.29, 0.717) is 31.7 Å². The summed E-state index contributed by atoms with van der Waals surface area (Å²) in [5.74, 6) is 1.13. The number of hydrogen-bond acceptors (Lipinski definition) is 4. The lowest BCUT2D eigenvalue weighted by atomic mass is 9.96. The number of amides is 2. The molecule has 0 radical (unpaired) electrons. The van der Waals surface area contributed by atoms with Crippen molar-refractivity contribution in [2.75, 3.05) is 46.4 Å². The Morgan fingerprint density at radius 1 is 1.08 bits per heavy atom. The number of benzene rings is 1. The monoisotopic (exact) mass is 345 g/mol. The summed E-state index contributed by atoms with van der Waals surface area (Å²) >= 11 is 0. The number of carbonyl (C=O) groups is 2. The van der Waals surface area contributed by atoms with E-state index in [9.17, 15) is 9.59 Å². The van der Waals surface area contributed by atoms with Crippen LogP contribution in [0.2, 0.25) is 0 Å². The molecule has 6 nitrogen and oxygen atoms in total. The molecular formula is C19H27N3O3. The maximum absolute atomic E-state index is 12.7. The lowest BCUT2D eigenvalue weighted by molar-refractivity contribution is -0.137. The summed E-state index contributed by atoms with van der Waals surface area (Å²) in [7, 11) is 1.61. The largest absolute Gasteiger partial charge is 0.496 e. The number of piperidine rings is 1. The quantitative estimate of drug-likeness (QED) is 0.897. The van der Waals surface area contributed by atoms with Gasteiger partial charge in [-0.05, 0) is 50.6 Å². The molecule has 1 N–H and O–H groups in total. The van der Waals surface area contributed by atoms with Gasteiger partial charge in [-0.25, -0.2) is 0 Å². The van der Waals surface area contributed by atoms with E-state index < -0.39 is 0 Å². The van der Waals surface area contributed by atoms with Crippen molar-refractivity contribution in [3.63, 3.8) is 0 Å². The van der Waals surface area contributed by atoms with Gasteiger partial charge in [-0.15, -0.1) is 0 Å². The number of hydrogen-bond donors (Lipinski definition) is 1. The molecule has 0 saturated carbocycles. The van der Waals surface area contributed by atoms with Crippen LogP contribution in [0, 0.1) is 12.8 Å². The molecule has 1 aromatic carbocycles. The highest BCUT2D eigenvalue weighted by Gasteiger charge is 2.30. The fraction of sp³-hybridized carbons (Fsp3) is 0.579. The number of rotatable bonds is 3. The highest BCUT2D eigenvalue weighted by Crippen LogP contribution is 2.21. The maximum atomic E-state index is 12.7. The Hall–Kier alpha value is -2.08. The summed E-state index contributed by atoms with van der Waals surface area (Å²) in [6.45, 7) is 6.22. The Morgan fingerprint density at radius 3 is 2.36 bits per heavy atom. The van der Waals surface area contributed by atoms with Crippen LogP contribution in [-0.2, 0) is 4.79 Å². The molecule has 0 unspecified atom stereocenters. The average molecular weight is 345 g/mol. The van der Waals surface area contributed by atoms with Gasteiger partial charge in [0.1, 0.15) is 5.75 Å². The molecule has 2 aliphatic heterocycles. The van der Waals surface area contributed by atoms with Crippen molar-refractivity contribution >= 4 is 11.8 Å². The topological polar surface area (TPSA) is 61.9 Å².